The van der Waals surface area contributed by atoms with Crippen molar-refractivity contribution in [1.82, 2.24) is 4.98 Å². The van der Waals surface area contributed by atoms with Gasteiger partial charge in [0.1, 0.15) is 0 Å². The van der Waals surface area contributed by atoms with Gasteiger partial charge in [0, 0.05) is 23.7 Å². The van der Waals surface area contributed by atoms with Gasteiger partial charge in [-0.15, -0.1) is 24.8 Å². The highest BCUT2D eigenvalue weighted by Gasteiger charge is 2.18. The lowest BCUT2D eigenvalue weighted by Gasteiger charge is -2.21. The molecule has 1 rings (SSSR count). The topological polar surface area (TPSA) is 58.9 Å². The number of aromatic nitrogens is 1. The van der Waals surface area contributed by atoms with Crippen molar-refractivity contribution in [3.63, 3.8) is 0 Å². The van der Waals surface area contributed by atoms with E-state index >= 15 is 0 Å². The maximum absolute atomic E-state index is 11.0. The molecule has 0 aliphatic rings. The van der Waals surface area contributed by atoms with Gasteiger partial charge >= 0.3 is 0 Å². The highest BCUT2D eigenvalue weighted by Crippen LogP contribution is 2.17. The third-order valence-corrected chi connectivity index (χ3v) is 2.01. The molecule has 0 radical (unpaired) electrons. The Morgan fingerprint density at radius 3 is 2.36 bits per heavy atom. The van der Waals surface area contributed by atoms with Crippen LogP contribution < -0.4 is 11.3 Å². The first-order valence-corrected chi connectivity index (χ1v) is 3.96. The van der Waals surface area contributed by atoms with Gasteiger partial charge in [-0.2, -0.15) is 0 Å². The number of pyridine rings is 1. The summed E-state index contributed by atoms with van der Waals surface area (Å²) < 4.78 is 0. The van der Waals surface area contributed by atoms with E-state index in [0.29, 0.717) is 6.54 Å². The van der Waals surface area contributed by atoms with Gasteiger partial charge in [-0.25, -0.2) is 0 Å². The SMILES string of the molecule is CC(C)(CN)c1cccc(=O)[nH]1.Cl.Cl. The minimum atomic E-state index is -0.152. The van der Waals surface area contributed by atoms with E-state index in [4.69, 9.17) is 5.73 Å². The standard InChI is InChI=1S/C9H14N2O.2ClH/c1-9(2,6-10)7-4-3-5-8(12)11-7;;/h3-5H,6,10H2,1-2H3,(H,11,12);2*1H. The Labute approximate surface area is 95.9 Å². The average Bonchev–Trinajstić information content (AvgIpc) is 2.05. The Kier molecular flexibility index (Phi) is 6.90. The largest absolute Gasteiger partial charge is 0.330 e. The summed E-state index contributed by atoms with van der Waals surface area (Å²) in [5, 5.41) is 0. The first-order chi connectivity index (χ1) is 5.56. The molecule has 0 unspecified atom stereocenters. The molecule has 14 heavy (non-hydrogen) atoms. The fourth-order valence-corrected chi connectivity index (χ4v) is 0.953. The van der Waals surface area contributed by atoms with Gasteiger partial charge in [0.15, 0.2) is 0 Å². The smallest absolute Gasteiger partial charge is 0.248 e. The van der Waals surface area contributed by atoms with E-state index in [0.717, 1.165) is 5.69 Å². The molecule has 0 aromatic carbocycles. The molecule has 0 spiro atoms. The molecule has 0 bridgehead atoms. The Hall–Kier alpha value is -0.510. The normalized spacial score (nSPS) is 9.93. The van der Waals surface area contributed by atoms with Crippen LogP contribution in [0.2, 0.25) is 0 Å². The van der Waals surface area contributed by atoms with Crippen molar-refractivity contribution in [1.29, 1.82) is 0 Å². The fourth-order valence-electron chi connectivity index (χ4n) is 0.953. The van der Waals surface area contributed by atoms with Crippen molar-refractivity contribution in [3.05, 3.63) is 34.2 Å². The molecule has 1 heterocycles. The van der Waals surface area contributed by atoms with Crippen LogP contribution in [0.1, 0.15) is 19.5 Å². The summed E-state index contributed by atoms with van der Waals surface area (Å²) in [6.07, 6.45) is 0. The van der Waals surface area contributed by atoms with Crippen LogP contribution in [0.25, 0.3) is 0 Å². The molecule has 0 amide bonds. The third kappa shape index (κ3) is 3.70. The van der Waals surface area contributed by atoms with E-state index in [1.807, 2.05) is 19.9 Å². The molecule has 3 N–H and O–H groups in total. The summed E-state index contributed by atoms with van der Waals surface area (Å²) in [6, 6.07) is 5.12. The second-order valence-electron chi connectivity index (χ2n) is 3.52. The fraction of sp³-hybridized carbons (Fsp3) is 0.444. The average molecular weight is 239 g/mol. The molecule has 0 aliphatic carbocycles. The Bertz CT molecular complexity index is 323. The predicted octanol–water partition coefficient (Wildman–Crippen LogP) is 1.45. The van der Waals surface area contributed by atoms with Crippen LogP contribution in [0.15, 0.2) is 23.0 Å². The number of halogens is 2. The first-order valence-electron chi connectivity index (χ1n) is 3.96. The maximum atomic E-state index is 11.0. The van der Waals surface area contributed by atoms with E-state index in [1.165, 1.54) is 6.07 Å². The lowest BCUT2D eigenvalue weighted by atomic mass is 9.89. The highest BCUT2D eigenvalue weighted by molar-refractivity contribution is 5.85. The second-order valence-corrected chi connectivity index (χ2v) is 3.52. The molecule has 0 saturated heterocycles. The minimum absolute atomic E-state index is 0. The summed E-state index contributed by atoms with van der Waals surface area (Å²) in [7, 11) is 0. The van der Waals surface area contributed by atoms with E-state index in [2.05, 4.69) is 4.98 Å². The Morgan fingerprint density at radius 1 is 1.36 bits per heavy atom. The lowest BCUT2D eigenvalue weighted by Crippen LogP contribution is -2.30. The van der Waals surface area contributed by atoms with Crippen molar-refractivity contribution >= 4 is 24.8 Å². The lowest BCUT2D eigenvalue weighted by molar-refractivity contribution is 0.520. The number of hydrogen-bond donors (Lipinski definition) is 2. The Morgan fingerprint density at radius 2 is 1.93 bits per heavy atom. The molecular formula is C9H16Cl2N2O. The summed E-state index contributed by atoms with van der Waals surface area (Å²) in [5.41, 5.74) is 6.23. The van der Waals surface area contributed by atoms with Crippen molar-refractivity contribution in [3.8, 4) is 0 Å². The van der Waals surface area contributed by atoms with Gasteiger partial charge in [-0.1, -0.05) is 19.9 Å². The zero-order chi connectivity index (χ0) is 9.19. The van der Waals surface area contributed by atoms with Crippen LogP contribution in [-0.4, -0.2) is 11.5 Å². The van der Waals surface area contributed by atoms with E-state index < -0.39 is 0 Å². The molecule has 0 aliphatic heterocycles. The second kappa shape index (κ2) is 6.06. The van der Waals surface area contributed by atoms with Gasteiger partial charge < -0.3 is 10.7 Å². The van der Waals surface area contributed by atoms with E-state index in [-0.39, 0.29) is 35.8 Å². The van der Waals surface area contributed by atoms with E-state index in [1.54, 1.807) is 6.07 Å². The minimum Gasteiger partial charge on any atom is -0.330 e. The summed E-state index contributed by atoms with van der Waals surface area (Å²) in [5.74, 6) is 0. The first kappa shape index (κ1) is 15.9. The van der Waals surface area contributed by atoms with Crippen molar-refractivity contribution in [2.24, 2.45) is 5.73 Å². The number of H-pyrrole nitrogens is 1. The zero-order valence-corrected chi connectivity index (χ0v) is 9.87. The monoisotopic (exact) mass is 238 g/mol. The van der Waals surface area contributed by atoms with Crippen molar-refractivity contribution in [2.75, 3.05) is 6.54 Å². The van der Waals surface area contributed by atoms with Gasteiger partial charge in [0.2, 0.25) is 5.56 Å². The summed E-state index contributed by atoms with van der Waals surface area (Å²) in [4.78, 5) is 13.7. The molecule has 82 valence electrons. The summed E-state index contributed by atoms with van der Waals surface area (Å²) in [6.45, 7) is 4.52. The quantitative estimate of drug-likeness (QED) is 0.820. The third-order valence-electron chi connectivity index (χ3n) is 2.01. The van der Waals surface area contributed by atoms with Crippen LogP contribution in [0.3, 0.4) is 0 Å². The molecule has 0 atom stereocenters. The van der Waals surface area contributed by atoms with Gasteiger partial charge in [-0.3, -0.25) is 4.79 Å². The van der Waals surface area contributed by atoms with Crippen LogP contribution in [0, 0.1) is 0 Å². The molecule has 0 fully saturated rings. The van der Waals surface area contributed by atoms with Crippen LogP contribution in [0.4, 0.5) is 0 Å². The predicted molar refractivity (Wildman–Crippen MR) is 63.6 cm³/mol. The summed E-state index contributed by atoms with van der Waals surface area (Å²) >= 11 is 0. The molecule has 5 heteroatoms. The number of nitrogens with one attached hydrogen (secondary N) is 1. The zero-order valence-electron chi connectivity index (χ0n) is 8.24. The van der Waals surface area contributed by atoms with Gasteiger partial charge in [0.25, 0.3) is 0 Å². The maximum Gasteiger partial charge on any atom is 0.248 e. The number of rotatable bonds is 2. The highest BCUT2D eigenvalue weighted by atomic mass is 35.5. The van der Waals surface area contributed by atoms with Crippen molar-refractivity contribution < 1.29 is 0 Å². The van der Waals surface area contributed by atoms with E-state index in [9.17, 15) is 4.79 Å². The molecule has 1 aromatic rings. The van der Waals surface area contributed by atoms with Gasteiger partial charge in [-0.05, 0) is 6.07 Å². The van der Waals surface area contributed by atoms with Crippen molar-refractivity contribution in [2.45, 2.75) is 19.3 Å². The number of nitrogens with two attached hydrogens (primary N) is 1. The number of aromatic amines is 1. The van der Waals surface area contributed by atoms with Crippen LogP contribution >= 0.6 is 24.8 Å². The number of hydrogen-bond acceptors (Lipinski definition) is 2. The molecule has 3 nitrogen and oxygen atoms in total. The van der Waals surface area contributed by atoms with Gasteiger partial charge in [0.05, 0.1) is 0 Å². The molecule has 0 saturated carbocycles. The van der Waals surface area contributed by atoms with Crippen LogP contribution in [-0.2, 0) is 5.41 Å². The molecule has 1 aromatic heterocycles. The molecular weight excluding hydrogens is 223 g/mol. The van der Waals surface area contributed by atoms with Crippen LogP contribution in [0.5, 0.6) is 0 Å². The Balaban J connectivity index is 0.